The molecule has 4 heteroatoms. The maximum absolute atomic E-state index is 12.6. The average molecular weight is 323 g/mol. The molecule has 0 aliphatic heterocycles. The third kappa shape index (κ3) is 7.80. The van der Waals surface area contributed by atoms with E-state index in [1.807, 2.05) is 6.92 Å². The Labute approximate surface area is 131 Å². The third-order valence-corrected chi connectivity index (χ3v) is 8.99. The van der Waals surface area contributed by atoms with Crippen LogP contribution in [-0.2, 0) is 4.43 Å². The Morgan fingerprint density at radius 2 is 1.75 bits per heavy atom. The molecule has 1 atom stereocenters. The Balaban J connectivity index is 4.37. The molecule has 0 aromatic rings. The molecule has 0 spiro atoms. The summed E-state index contributed by atoms with van der Waals surface area (Å²) >= 11 is 5.25. The van der Waals surface area contributed by atoms with E-state index in [2.05, 4.69) is 47.7 Å². The fourth-order valence-corrected chi connectivity index (χ4v) is 4.05. The second-order valence-corrected chi connectivity index (χ2v) is 13.0. The monoisotopic (exact) mass is 322 g/mol. The molecule has 20 heavy (non-hydrogen) atoms. The zero-order valence-corrected chi connectivity index (χ0v) is 16.2. The normalized spacial score (nSPS) is 16.4. The van der Waals surface area contributed by atoms with Crippen LogP contribution in [0.1, 0.15) is 60.8 Å². The standard InChI is InChI=1S/C16H32ClFOSi/c1-13(12-14(17)18)10-9-11-16(5,6)19-20(7,8)15(2,3)4/h12-13H,9-11H2,1-8H3/b14-12-/t13-/m1/s1. The van der Waals surface area contributed by atoms with Crippen molar-refractivity contribution in [1.29, 1.82) is 0 Å². The van der Waals surface area contributed by atoms with Crippen LogP contribution in [-0.4, -0.2) is 13.9 Å². The molecule has 0 saturated carbocycles. The predicted molar refractivity (Wildman–Crippen MR) is 90.4 cm³/mol. The molecule has 0 saturated heterocycles. The van der Waals surface area contributed by atoms with Crippen molar-refractivity contribution in [3.8, 4) is 0 Å². The van der Waals surface area contributed by atoms with E-state index in [-0.39, 0.29) is 16.6 Å². The Morgan fingerprint density at radius 1 is 1.25 bits per heavy atom. The van der Waals surface area contributed by atoms with Crippen molar-refractivity contribution < 1.29 is 8.82 Å². The van der Waals surface area contributed by atoms with Gasteiger partial charge in [0.2, 0.25) is 0 Å². The summed E-state index contributed by atoms with van der Waals surface area (Å²) in [6.45, 7) is 17.6. The molecule has 0 N–H and O–H groups in total. The van der Waals surface area contributed by atoms with E-state index in [1.54, 1.807) is 0 Å². The van der Waals surface area contributed by atoms with E-state index >= 15 is 0 Å². The fourth-order valence-electron chi connectivity index (χ4n) is 2.04. The minimum absolute atomic E-state index is 0.119. The molecule has 0 aliphatic carbocycles. The van der Waals surface area contributed by atoms with E-state index in [9.17, 15) is 4.39 Å². The molecule has 0 aromatic carbocycles. The highest BCUT2D eigenvalue weighted by Gasteiger charge is 2.41. The van der Waals surface area contributed by atoms with E-state index < -0.39 is 13.6 Å². The van der Waals surface area contributed by atoms with Gasteiger partial charge in [-0.3, -0.25) is 0 Å². The summed E-state index contributed by atoms with van der Waals surface area (Å²) in [5.74, 6) is 0.177. The van der Waals surface area contributed by atoms with Gasteiger partial charge in [-0.15, -0.1) is 0 Å². The van der Waals surface area contributed by atoms with Crippen molar-refractivity contribution in [1.82, 2.24) is 0 Å². The third-order valence-electron chi connectivity index (χ3n) is 4.19. The van der Waals surface area contributed by atoms with Gasteiger partial charge in [-0.05, 0) is 56.8 Å². The van der Waals surface area contributed by atoms with Gasteiger partial charge < -0.3 is 4.43 Å². The molecular weight excluding hydrogens is 291 g/mol. The molecule has 1 nitrogen and oxygen atoms in total. The number of hydrogen-bond donors (Lipinski definition) is 0. The molecule has 0 radical (unpaired) electrons. The summed E-state index contributed by atoms with van der Waals surface area (Å²) in [5, 5.41) is -0.378. The zero-order chi connectivity index (χ0) is 16.2. The molecule has 0 aromatic heterocycles. The minimum Gasteiger partial charge on any atom is -0.412 e. The van der Waals surface area contributed by atoms with E-state index in [1.165, 1.54) is 6.08 Å². The van der Waals surface area contributed by atoms with Crippen molar-refractivity contribution in [2.24, 2.45) is 5.92 Å². The van der Waals surface area contributed by atoms with Crippen LogP contribution in [0.15, 0.2) is 11.4 Å². The quantitative estimate of drug-likeness (QED) is 0.477. The Bertz CT molecular complexity index is 328. The van der Waals surface area contributed by atoms with Gasteiger partial charge in [0, 0.05) is 0 Å². The van der Waals surface area contributed by atoms with Crippen LogP contribution in [0.25, 0.3) is 0 Å². The largest absolute Gasteiger partial charge is 0.412 e. The van der Waals surface area contributed by atoms with Crippen molar-refractivity contribution >= 4 is 19.9 Å². The lowest BCUT2D eigenvalue weighted by Crippen LogP contribution is -2.47. The highest BCUT2D eigenvalue weighted by Crippen LogP contribution is 2.40. The first-order valence-electron chi connectivity index (χ1n) is 7.50. The van der Waals surface area contributed by atoms with Crippen LogP contribution >= 0.6 is 11.6 Å². The Hall–Kier alpha value is 0.137. The lowest BCUT2D eigenvalue weighted by atomic mass is 9.97. The second kappa shape index (κ2) is 7.41. The number of halogens is 2. The van der Waals surface area contributed by atoms with Gasteiger partial charge in [0.05, 0.1) is 5.60 Å². The number of allylic oxidation sites excluding steroid dienone is 1. The summed E-state index contributed by atoms with van der Waals surface area (Å²) < 4.78 is 19.1. The van der Waals surface area contributed by atoms with E-state index in [0.29, 0.717) is 0 Å². The summed E-state index contributed by atoms with van der Waals surface area (Å²) in [6, 6.07) is 0. The van der Waals surface area contributed by atoms with Crippen LogP contribution < -0.4 is 0 Å². The van der Waals surface area contributed by atoms with Gasteiger partial charge in [-0.1, -0.05) is 45.7 Å². The summed E-state index contributed by atoms with van der Waals surface area (Å²) in [7, 11) is -1.74. The minimum atomic E-state index is -1.74. The molecule has 0 rings (SSSR count). The Morgan fingerprint density at radius 3 is 2.15 bits per heavy atom. The molecule has 0 aliphatic rings. The van der Waals surface area contributed by atoms with Crippen LogP contribution in [0.4, 0.5) is 4.39 Å². The van der Waals surface area contributed by atoms with Crippen LogP contribution in [0.5, 0.6) is 0 Å². The molecule has 0 heterocycles. The highest BCUT2D eigenvalue weighted by molar-refractivity contribution is 6.74. The van der Waals surface area contributed by atoms with Crippen LogP contribution in [0.3, 0.4) is 0 Å². The van der Waals surface area contributed by atoms with Gasteiger partial charge in [0.15, 0.2) is 13.6 Å². The molecule has 0 unspecified atom stereocenters. The maximum atomic E-state index is 12.6. The first-order chi connectivity index (χ1) is 8.77. The zero-order valence-electron chi connectivity index (χ0n) is 14.4. The lowest BCUT2D eigenvalue weighted by Gasteiger charge is -2.43. The van der Waals surface area contributed by atoms with Gasteiger partial charge in [-0.25, -0.2) is 0 Å². The lowest BCUT2D eigenvalue weighted by molar-refractivity contribution is 0.0788. The summed E-state index contributed by atoms with van der Waals surface area (Å²) in [5.41, 5.74) is -0.119. The second-order valence-electron chi connectivity index (χ2n) is 7.95. The van der Waals surface area contributed by atoms with Gasteiger partial charge >= 0.3 is 0 Å². The van der Waals surface area contributed by atoms with E-state index in [4.69, 9.17) is 16.0 Å². The first kappa shape index (κ1) is 20.1. The molecule has 0 bridgehead atoms. The topological polar surface area (TPSA) is 9.23 Å². The SMILES string of the molecule is C[C@@H](/C=C(\F)Cl)CCCC(C)(C)O[Si](C)(C)C(C)(C)C. The summed E-state index contributed by atoms with van der Waals surface area (Å²) in [6.07, 6.45) is 4.42. The number of hydrogen-bond acceptors (Lipinski definition) is 1. The van der Waals surface area contributed by atoms with E-state index in [0.717, 1.165) is 19.3 Å². The van der Waals surface area contributed by atoms with Crippen molar-refractivity contribution in [3.05, 3.63) is 11.4 Å². The maximum Gasteiger partial charge on any atom is 0.192 e. The summed E-state index contributed by atoms with van der Waals surface area (Å²) in [4.78, 5) is 0. The van der Waals surface area contributed by atoms with Crippen molar-refractivity contribution in [2.45, 2.75) is 84.5 Å². The molecule has 0 fully saturated rings. The fraction of sp³-hybridized carbons (Fsp3) is 0.875. The molecule has 0 amide bonds. The molecule has 120 valence electrons. The van der Waals surface area contributed by atoms with Crippen molar-refractivity contribution in [3.63, 3.8) is 0 Å². The Kier molecular flexibility index (Phi) is 7.47. The highest BCUT2D eigenvalue weighted by atomic mass is 35.5. The number of rotatable bonds is 7. The van der Waals surface area contributed by atoms with Gasteiger partial charge in [0.1, 0.15) is 0 Å². The smallest absolute Gasteiger partial charge is 0.192 e. The predicted octanol–water partition coefficient (Wildman–Crippen LogP) is 6.64. The van der Waals surface area contributed by atoms with Gasteiger partial charge in [0.25, 0.3) is 0 Å². The van der Waals surface area contributed by atoms with Crippen LogP contribution in [0, 0.1) is 5.92 Å². The molecular formula is C16H32ClFOSi. The average Bonchev–Trinajstić information content (AvgIpc) is 2.11. The van der Waals surface area contributed by atoms with Crippen LogP contribution in [0.2, 0.25) is 18.1 Å². The first-order valence-corrected chi connectivity index (χ1v) is 10.8. The van der Waals surface area contributed by atoms with Gasteiger partial charge in [-0.2, -0.15) is 4.39 Å². The van der Waals surface area contributed by atoms with Crippen molar-refractivity contribution in [2.75, 3.05) is 0 Å².